The zero-order chi connectivity index (χ0) is 9.80. The number of aromatic nitrogens is 1. The van der Waals surface area contributed by atoms with Crippen molar-refractivity contribution in [3.05, 3.63) is 24.0 Å². The zero-order valence-corrected chi connectivity index (χ0v) is 8.50. The molecule has 1 saturated carbocycles. The van der Waals surface area contributed by atoms with Crippen molar-refractivity contribution in [1.29, 1.82) is 0 Å². The molecule has 2 unspecified atom stereocenters. The third-order valence-electron chi connectivity index (χ3n) is 3.03. The van der Waals surface area contributed by atoms with E-state index in [0.29, 0.717) is 12.1 Å². The maximum atomic E-state index is 5.97. The minimum Gasteiger partial charge on any atom is -0.365 e. The Morgan fingerprint density at radius 3 is 3.07 bits per heavy atom. The quantitative estimate of drug-likeness (QED) is 0.669. The second-order valence-electron chi connectivity index (χ2n) is 4.10. The van der Waals surface area contributed by atoms with Crippen LogP contribution >= 0.6 is 0 Å². The standard InChI is InChI=1S/C11H19N3/c12-10-4-1-5-11(10)14-8-6-9-3-2-7-13-9/h2-3,7,10-11,13-14H,1,4-6,8,12H2. The second kappa shape index (κ2) is 4.62. The molecule has 0 radical (unpaired) electrons. The molecule has 1 aromatic rings. The average molecular weight is 193 g/mol. The first-order chi connectivity index (χ1) is 6.86. The van der Waals surface area contributed by atoms with Gasteiger partial charge < -0.3 is 16.0 Å². The highest BCUT2D eigenvalue weighted by atomic mass is 15.0. The summed E-state index contributed by atoms with van der Waals surface area (Å²) in [6, 6.07) is 5.08. The van der Waals surface area contributed by atoms with Gasteiger partial charge in [-0.25, -0.2) is 0 Å². The lowest BCUT2D eigenvalue weighted by atomic mass is 10.2. The van der Waals surface area contributed by atoms with Crippen molar-refractivity contribution >= 4 is 0 Å². The van der Waals surface area contributed by atoms with E-state index in [1.54, 1.807) is 0 Å². The van der Waals surface area contributed by atoms with Gasteiger partial charge in [0.15, 0.2) is 0 Å². The number of hydrogen-bond acceptors (Lipinski definition) is 2. The Labute approximate surface area is 85.1 Å². The highest BCUT2D eigenvalue weighted by Gasteiger charge is 2.22. The molecule has 0 aromatic carbocycles. The molecule has 2 rings (SSSR count). The van der Waals surface area contributed by atoms with E-state index in [9.17, 15) is 0 Å². The second-order valence-corrected chi connectivity index (χ2v) is 4.10. The van der Waals surface area contributed by atoms with Crippen LogP contribution in [-0.2, 0) is 6.42 Å². The summed E-state index contributed by atoms with van der Waals surface area (Å²) < 4.78 is 0. The monoisotopic (exact) mass is 193 g/mol. The summed E-state index contributed by atoms with van der Waals surface area (Å²) >= 11 is 0. The van der Waals surface area contributed by atoms with Gasteiger partial charge in [-0.2, -0.15) is 0 Å². The molecule has 1 heterocycles. The molecule has 1 aliphatic rings. The predicted octanol–water partition coefficient (Wildman–Crippen LogP) is 1.03. The maximum absolute atomic E-state index is 5.97. The SMILES string of the molecule is NC1CCCC1NCCc1ccc[nH]1. The summed E-state index contributed by atoms with van der Waals surface area (Å²) in [7, 11) is 0. The van der Waals surface area contributed by atoms with Gasteiger partial charge in [0.1, 0.15) is 0 Å². The molecule has 0 aliphatic heterocycles. The first-order valence-electron chi connectivity index (χ1n) is 5.47. The first kappa shape index (κ1) is 9.74. The highest BCUT2D eigenvalue weighted by Crippen LogP contribution is 2.16. The number of H-pyrrole nitrogens is 1. The van der Waals surface area contributed by atoms with Crippen LogP contribution in [0.2, 0.25) is 0 Å². The van der Waals surface area contributed by atoms with Gasteiger partial charge in [-0.05, 0) is 31.4 Å². The van der Waals surface area contributed by atoms with Gasteiger partial charge in [0.05, 0.1) is 0 Å². The van der Waals surface area contributed by atoms with Crippen LogP contribution in [0.5, 0.6) is 0 Å². The average Bonchev–Trinajstić information content (AvgIpc) is 2.78. The van der Waals surface area contributed by atoms with Crippen LogP contribution < -0.4 is 11.1 Å². The van der Waals surface area contributed by atoms with E-state index >= 15 is 0 Å². The number of hydrogen-bond donors (Lipinski definition) is 3. The van der Waals surface area contributed by atoms with Gasteiger partial charge in [0.2, 0.25) is 0 Å². The highest BCUT2D eigenvalue weighted by molar-refractivity contribution is 5.04. The molecule has 2 atom stereocenters. The third kappa shape index (κ3) is 2.36. The van der Waals surface area contributed by atoms with E-state index in [1.165, 1.54) is 25.0 Å². The fraction of sp³-hybridized carbons (Fsp3) is 0.636. The summed E-state index contributed by atoms with van der Waals surface area (Å²) in [5.41, 5.74) is 7.26. The third-order valence-corrected chi connectivity index (χ3v) is 3.03. The Morgan fingerprint density at radius 2 is 2.43 bits per heavy atom. The van der Waals surface area contributed by atoms with Crippen LogP contribution in [0, 0.1) is 0 Å². The maximum Gasteiger partial charge on any atom is 0.0219 e. The topological polar surface area (TPSA) is 53.8 Å². The number of rotatable bonds is 4. The molecule has 14 heavy (non-hydrogen) atoms. The van der Waals surface area contributed by atoms with Crippen LogP contribution in [0.25, 0.3) is 0 Å². The Bertz CT molecular complexity index is 256. The number of nitrogens with one attached hydrogen (secondary N) is 2. The van der Waals surface area contributed by atoms with Crippen molar-refractivity contribution < 1.29 is 0 Å². The van der Waals surface area contributed by atoms with Crippen LogP contribution in [0.3, 0.4) is 0 Å². The molecule has 1 aromatic heterocycles. The van der Waals surface area contributed by atoms with Gasteiger partial charge in [-0.3, -0.25) is 0 Å². The summed E-state index contributed by atoms with van der Waals surface area (Å²) in [5.74, 6) is 0. The van der Waals surface area contributed by atoms with Crippen LogP contribution in [0.4, 0.5) is 0 Å². The molecule has 1 fully saturated rings. The van der Waals surface area contributed by atoms with Crippen molar-refractivity contribution in [3.8, 4) is 0 Å². The van der Waals surface area contributed by atoms with E-state index in [2.05, 4.69) is 16.4 Å². The molecule has 3 nitrogen and oxygen atoms in total. The van der Waals surface area contributed by atoms with Crippen molar-refractivity contribution in [3.63, 3.8) is 0 Å². The summed E-state index contributed by atoms with van der Waals surface area (Å²) in [6.07, 6.45) is 6.74. The van der Waals surface area contributed by atoms with Crippen molar-refractivity contribution in [2.24, 2.45) is 5.73 Å². The van der Waals surface area contributed by atoms with Crippen LogP contribution in [-0.4, -0.2) is 23.6 Å². The summed E-state index contributed by atoms with van der Waals surface area (Å²) in [4.78, 5) is 3.20. The lowest BCUT2D eigenvalue weighted by Gasteiger charge is -2.16. The van der Waals surface area contributed by atoms with Gasteiger partial charge in [-0.15, -0.1) is 0 Å². The fourth-order valence-corrected chi connectivity index (χ4v) is 2.16. The number of aromatic amines is 1. The normalized spacial score (nSPS) is 26.9. The molecular weight excluding hydrogens is 174 g/mol. The van der Waals surface area contributed by atoms with Gasteiger partial charge in [0.25, 0.3) is 0 Å². The molecule has 78 valence electrons. The molecule has 4 N–H and O–H groups in total. The zero-order valence-electron chi connectivity index (χ0n) is 8.50. The molecule has 0 saturated heterocycles. The van der Waals surface area contributed by atoms with Gasteiger partial charge in [-0.1, -0.05) is 6.42 Å². The van der Waals surface area contributed by atoms with E-state index in [0.717, 1.165) is 13.0 Å². The van der Waals surface area contributed by atoms with Crippen molar-refractivity contribution in [1.82, 2.24) is 10.3 Å². The minimum absolute atomic E-state index is 0.374. The van der Waals surface area contributed by atoms with Crippen LogP contribution in [0.1, 0.15) is 25.0 Å². The van der Waals surface area contributed by atoms with Gasteiger partial charge in [0, 0.05) is 30.5 Å². The van der Waals surface area contributed by atoms with Crippen molar-refractivity contribution in [2.45, 2.75) is 37.8 Å². The van der Waals surface area contributed by atoms with Crippen molar-refractivity contribution in [2.75, 3.05) is 6.54 Å². The Morgan fingerprint density at radius 1 is 1.50 bits per heavy atom. The Hall–Kier alpha value is -0.800. The lowest BCUT2D eigenvalue weighted by Crippen LogP contribution is -2.41. The van der Waals surface area contributed by atoms with E-state index in [4.69, 9.17) is 5.73 Å². The fourth-order valence-electron chi connectivity index (χ4n) is 2.16. The molecule has 0 bridgehead atoms. The first-order valence-corrected chi connectivity index (χ1v) is 5.47. The summed E-state index contributed by atoms with van der Waals surface area (Å²) in [5, 5.41) is 3.52. The van der Waals surface area contributed by atoms with E-state index in [1.807, 2.05) is 12.3 Å². The molecular formula is C11H19N3. The molecule has 1 aliphatic carbocycles. The lowest BCUT2D eigenvalue weighted by molar-refractivity contribution is 0.478. The molecule has 3 heteroatoms. The largest absolute Gasteiger partial charge is 0.365 e. The number of nitrogens with two attached hydrogens (primary N) is 1. The minimum atomic E-state index is 0.374. The van der Waals surface area contributed by atoms with E-state index in [-0.39, 0.29) is 0 Å². The van der Waals surface area contributed by atoms with E-state index < -0.39 is 0 Å². The Balaban J connectivity index is 1.68. The summed E-state index contributed by atoms with van der Waals surface area (Å²) in [6.45, 7) is 1.03. The smallest absolute Gasteiger partial charge is 0.0219 e. The Kier molecular flexibility index (Phi) is 3.22. The van der Waals surface area contributed by atoms with Crippen LogP contribution in [0.15, 0.2) is 18.3 Å². The van der Waals surface area contributed by atoms with Gasteiger partial charge >= 0.3 is 0 Å². The molecule has 0 spiro atoms. The predicted molar refractivity (Wildman–Crippen MR) is 58.1 cm³/mol. The molecule has 0 amide bonds.